The van der Waals surface area contributed by atoms with E-state index >= 15 is 0 Å². The maximum Gasteiger partial charge on any atom is 0.338 e. The summed E-state index contributed by atoms with van der Waals surface area (Å²) >= 11 is 0. The first-order valence-corrected chi connectivity index (χ1v) is 4.56. The molecule has 0 radical (unpaired) electrons. The lowest BCUT2D eigenvalue weighted by Crippen LogP contribution is -2.05. The summed E-state index contributed by atoms with van der Waals surface area (Å²) in [6.45, 7) is 2.25. The smallest absolute Gasteiger partial charge is 0.338 e. The molecule has 0 amide bonds. The van der Waals surface area contributed by atoms with Crippen molar-refractivity contribution in [2.45, 2.75) is 13.3 Å². The van der Waals surface area contributed by atoms with Crippen molar-refractivity contribution in [3.63, 3.8) is 0 Å². The van der Waals surface area contributed by atoms with Crippen molar-refractivity contribution in [2.24, 2.45) is 0 Å². The van der Waals surface area contributed by atoms with Gasteiger partial charge in [0.2, 0.25) is 0 Å². The summed E-state index contributed by atoms with van der Waals surface area (Å²) < 4.78 is 4.87. The molecule has 0 aliphatic heterocycles. The predicted molar refractivity (Wildman–Crippen MR) is 53.7 cm³/mol. The van der Waals surface area contributed by atoms with E-state index in [-0.39, 0.29) is 5.69 Å². The molecular weight excluding hydrogens is 198 g/mol. The standard InChI is InChI=1S/C10H11NO4/c1-2-7-15-10(12)8-3-5-9(6-4-8)11(13)14/h3-6H,2,7H2,1H3. The quantitative estimate of drug-likeness (QED) is 0.433. The van der Waals surface area contributed by atoms with Crippen LogP contribution in [0.4, 0.5) is 5.69 Å². The first-order chi connectivity index (χ1) is 7.15. The van der Waals surface area contributed by atoms with Crippen LogP contribution >= 0.6 is 0 Å². The minimum absolute atomic E-state index is 0.0398. The van der Waals surface area contributed by atoms with E-state index in [1.54, 1.807) is 0 Å². The van der Waals surface area contributed by atoms with Gasteiger partial charge in [0.15, 0.2) is 0 Å². The van der Waals surface area contributed by atoms with Gasteiger partial charge in [-0.1, -0.05) is 6.92 Å². The molecule has 0 aromatic heterocycles. The molecule has 15 heavy (non-hydrogen) atoms. The number of nitro benzene ring substituents is 1. The Morgan fingerprint density at radius 3 is 2.47 bits per heavy atom. The van der Waals surface area contributed by atoms with E-state index < -0.39 is 10.9 Å². The van der Waals surface area contributed by atoms with E-state index in [1.165, 1.54) is 24.3 Å². The lowest BCUT2D eigenvalue weighted by molar-refractivity contribution is -0.384. The Morgan fingerprint density at radius 1 is 1.40 bits per heavy atom. The van der Waals surface area contributed by atoms with Crippen LogP contribution in [0.25, 0.3) is 0 Å². The van der Waals surface area contributed by atoms with Crippen molar-refractivity contribution in [3.8, 4) is 0 Å². The number of ether oxygens (including phenoxy) is 1. The molecule has 0 saturated carbocycles. The second-order valence-electron chi connectivity index (χ2n) is 2.94. The third-order valence-corrected chi connectivity index (χ3v) is 1.75. The van der Waals surface area contributed by atoms with E-state index in [4.69, 9.17) is 4.74 Å². The molecule has 0 N–H and O–H groups in total. The van der Waals surface area contributed by atoms with Crippen LogP contribution in [0.1, 0.15) is 23.7 Å². The molecule has 5 heteroatoms. The van der Waals surface area contributed by atoms with Gasteiger partial charge in [-0.3, -0.25) is 10.1 Å². The van der Waals surface area contributed by atoms with Crippen molar-refractivity contribution >= 4 is 11.7 Å². The largest absolute Gasteiger partial charge is 0.462 e. The molecule has 80 valence electrons. The van der Waals surface area contributed by atoms with Gasteiger partial charge in [0.1, 0.15) is 0 Å². The number of carbonyl (C=O) groups is 1. The summed E-state index contributed by atoms with van der Waals surface area (Å²) in [5.74, 6) is -0.452. The number of hydrogen-bond donors (Lipinski definition) is 0. The molecule has 0 aliphatic carbocycles. The second kappa shape index (κ2) is 5.09. The van der Waals surface area contributed by atoms with Crippen LogP contribution in [0.15, 0.2) is 24.3 Å². The van der Waals surface area contributed by atoms with Crippen molar-refractivity contribution in [1.29, 1.82) is 0 Å². The molecule has 0 spiro atoms. The number of nitro groups is 1. The van der Waals surface area contributed by atoms with Crippen molar-refractivity contribution in [1.82, 2.24) is 0 Å². The molecule has 0 aliphatic rings. The lowest BCUT2D eigenvalue weighted by atomic mass is 10.2. The molecular formula is C10H11NO4. The SMILES string of the molecule is CCCOC(=O)c1ccc([N+](=O)[O-])cc1. The van der Waals surface area contributed by atoms with Crippen LogP contribution in [0.2, 0.25) is 0 Å². The van der Waals surface area contributed by atoms with Gasteiger partial charge in [-0.25, -0.2) is 4.79 Å². The van der Waals surface area contributed by atoms with E-state index in [0.717, 1.165) is 6.42 Å². The summed E-state index contributed by atoms with van der Waals surface area (Å²) in [6.07, 6.45) is 0.749. The number of non-ortho nitro benzene ring substituents is 1. The van der Waals surface area contributed by atoms with E-state index in [0.29, 0.717) is 12.2 Å². The van der Waals surface area contributed by atoms with Crippen LogP contribution < -0.4 is 0 Å². The molecule has 0 bridgehead atoms. The van der Waals surface area contributed by atoms with Gasteiger partial charge in [0, 0.05) is 12.1 Å². The van der Waals surface area contributed by atoms with Gasteiger partial charge in [0.25, 0.3) is 5.69 Å². The van der Waals surface area contributed by atoms with Crippen molar-refractivity contribution in [2.75, 3.05) is 6.61 Å². The zero-order valence-electron chi connectivity index (χ0n) is 8.30. The maximum atomic E-state index is 11.3. The van der Waals surface area contributed by atoms with E-state index in [9.17, 15) is 14.9 Å². The predicted octanol–water partition coefficient (Wildman–Crippen LogP) is 2.16. The Hall–Kier alpha value is -1.91. The molecule has 0 atom stereocenters. The minimum atomic E-state index is -0.513. The summed E-state index contributed by atoms with van der Waals surface area (Å²) in [4.78, 5) is 21.1. The first-order valence-electron chi connectivity index (χ1n) is 4.56. The number of nitrogens with zero attached hydrogens (tertiary/aromatic N) is 1. The Bertz CT molecular complexity index is 358. The lowest BCUT2D eigenvalue weighted by Gasteiger charge is -2.01. The summed E-state index contributed by atoms with van der Waals surface area (Å²) in [6, 6.07) is 5.33. The first kappa shape index (κ1) is 11.2. The molecule has 0 fully saturated rings. The van der Waals surface area contributed by atoms with Gasteiger partial charge < -0.3 is 4.74 Å². The topological polar surface area (TPSA) is 69.4 Å². The van der Waals surface area contributed by atoms with Crippen molar-refractivity contribution in [3.05, 3.63) is 39.9 Å². The Balaban J connectivity index is 2.71. The van der Waals surface area contributed by atoms with Gasteiger partial charge in [-0.2, -0.15) is 0 Å². The summed E-state index contributed by atoms with van der Waals surface area (Å²) in [7, 11) is 0. The fraction of sp³-hybridized carbons (Fsp3) is 0.300. The highest BCUT2D eigenvalue weighted by molar-refractivity contribution is 5.89. The number of benzene rings is 1. The number of hydrogen-bond acceptors (Lipinski definition) is 4. The number of esters is 1. The third-order valence-electron chi connectivity index (χ3n) is 1.75. The molecule has 1 rings (SSSR count). The minimum Gasteiger partial charge on any atom is -0.462 e. The average molecular weight is 209 g/mol. The summed E-state index contributed by atoms with van der Waals surface area (Å²) in [5, 5.41) is 10.3. The zero-order chi connectivity index (χ0) is 11.3. The van der Waals surface area contributed by atoms with Gasteiger partial charge in [-0.15, -0.1) is 0 Å². The average Bonchev–Trinajstić information content (AvgIpc) is 2.26. The normalized spacial score (nSPS) is 9.67. The Morgan fingerprint density at radius 2 is 2.00 bits per heavy atom. The molecule has 5 nitrogen and oxygen atoms in total. The number of carbonyl (C=O) groups excluding carboxylic acids is 1. The van der Waals surface area contributed by atoms with Crippen molar-refractivity contribution < 1.29 is 14.5 Å². The Labute approximate surface area is 86.8 Å². The molecule has 1 aromatic rings. The van der Waals surface area contributed by atoms with Gasteiger partial charge in [-0.05, 0) is 18.6 Å². The van der Waals surface area contributed by atoms with Crippen LogP contribution in [0.5, 0.6) is 0 Å². The monoisotopic (exact) mass is 209 g/mol. The summed E-state index contributed by atoms with van der Waals surface area (Å²) in [5.41, 5.74) is 0.288. The second-order valence-corrected chi connectivity index (χ2v) is 2.94. The highest BCUT2D eigenvalue weighted by atomic mass is 16.6. The van der Waals surface area contributed by atoms with Gasteiger partial charge >= 0.3 is 5.97 Å². The van der Waals surface area contributed by atoms with E-state index in [2.05, 4.69) is 0 Å². The molecule has 1 aromatic carbocycles. The molecule has 0 heterocycles. The van der Waals surface area contributed by atoms with Crippen LogP contribution in [0, 0.1) is 10.1 Å². The van der Waals surface area contributed by atoms with Crippen LogP contribution in [-0.2, 0) is 4.74 Å². The van der Waals surface area contributed by atoms with E-state index in [1.807, 2.05) is 6.92 Å². The third kappa shape index (κ3) is 3.05. The molecule has 0 saturated heterocycles. The van der Waals surface area contributed by atoms with Gasteiger partial charge in [0.05, 0.1) is 17.1 Å². The fourth-order valence-corrected chi connectivity index (χ4v) is 0.997. The maximum absolute atomic E-state index is 11.3. The highest BCUT2D eigenvalue weighted by Gasteiger charge is 2.09. The number of rotatable bonds is 4. The zero-order valence-corrected chi connectivity index (χ0v) is 8.30. The highest BCUT2D eigenvalue weighted by Crippen LogP contribution is 2.12. The fourth-order valence-electron chi connectivity index (χ4n) is 0.997. The Kier molecular flexibility index (Phi) is 3.79. The van der Waals surface area contributed by atoms with Crippen LogP contribution in [0.3, 0.4) is 0 Å². The molecule has 0 unspecified atom stereocenters. The van der Waals surface area contributed by atoms with Crippen LogP contribution in [-0.4, -0.2) is 17.5 Å².